The van der Waals surface area contributed by atoms with Crippen LogP contribution in [-0.4, -0.2) is 88.7 Å². The quantitative estimate of drug-likeness (QED) is 0.586. The summed E-state index contributed by atoms with van der Waals surface area (Å²) in [7, 11) is 2.08. The zero-order valence-corrected chi connectivity index (χ0v) is 23.5. The lowest BCUT2D eigenvalue weighted by Gasteiger charge is -2.43. The first kappa shape index (κ1) is 27.2. The van der Waals surface area contributed by atoms with E-state index in [0.717, 1.165) is 41.6 Å². The van der Waals surface area contributed by atoms with E-state index in [1.165, 1.54) is 4.90 Å². The molecule has 1 spiro atoms. The number of aromatic nitrogens is 2. The van der Waals surface area contributed by atoms with Crippen molar-refractivity contribution in [2.24, 2.45) is 5.41 Å². The Kier molecular flexibility index (Phi) is 7.16. The van der Waals surface area contributed by atoms with Gasteiger partial charge in [0.15, 0.2) is 5.78 Å². The third-order valence-corrected chi connectivity index (χ3v) is 9.43. The number of likely N-dealkylation sites (N-methyl/N-ethyl adjacent to an activating group) is 1. The molecule has 1 aromatic heterocycles. The highest BCUT2D eigenvalue weighted by Gasteiger charge is 2.48. The summed E-state index contributed by atoms with van der Waals surface area (Å²) in [6.07, 6.45) is 3.71. The number of nitriles is 1. The Bertz CT molecular complexity index is 1440. The lowest BCUT2D eigenvalue weighted by Crippen LogP contribution is -2.55. The Labute approximate surface area is 240 Å². The smallest absolute Gasteiger partial charge is 0.407 e. The van der Waals surface area contributed by atoms with Gasteiger partial charge in [0.2, 0.25) is 0 Å². The zero-order chi connectivity index (χ0) is 28.7. The molecule has 2 aliphatic heterocycles. The number of carbonyl (C=O) groups is 2. The van der Waals surface area contributed by atoms with Crippen LogP contribution in [0.5, 0.6) is 6.01 Å². The molecule has 1 aromatic carbocycles. The number of hydrogen-bond acceptors (Lipinski definition) is 8. The Hall–Kier alpha value is -3.97. The van der Waals surface area contributed by atoms with Crippen LogP contribution >= 0.6 is 0 Å². The zero-order valence-electron chi connectivity index (χ0n) is 23.5. The van der Waals surface area contributed by atoms with Gasteiger partial charge in [-0.05, 0) is 68.8 Å². The second-order valence-electron chi connectivity index (χ2n) is 11.9. The van der Waals surface area contributed by atoms with Crippen LogP contribution < -0.4 is 9.64 Å². The number of hydrogen-bond donors (Lipinski definition) is 1. The van der Waals surface area contributed by atoms with Gasteiger partial charge in [-0.15, -0.1) is 0 Å². The number of ether oxygens (including phenoxy) is 1. The van der Waals surface area contributed by atoms with Crippen molar-refractivity contribution in [1.82, 2.24) is 19.8 Å². The monoisotopic (exact) mass is 556 g/mol. The average molecular weight is 557 g/mol. The lowest BCUT2D eigenvalue weighted by molar-refractivity contribution is 0.0747. The van der Waals surface area contributed by atoms with E-state index < -0.39 is 17.6 Å². The molecule has 0 radical (unpaired) electrons. The number of ketones is 1. The fraction of sp³-hybridized carbons (Fsp3) is 0.516. The molecule has 1 N–H and O–H groups in total. The van der Waals surface area contributed by atoms with Crippen LogP contribution in [0.25, 0.3) is 5.57 Å². The van der Waals surface area contributed by atoms with Crippen molar-refractivity contribution in [3.05, 3.63) is 53.2 Å². The number of amides is 1. The van der Waals surface area contributed by atoms with Crippen LogP contribution in [0, 0.1) is 16.7 Å². The van der Waals surface area contributed by atoms with Gasteiger partial charge in [0.25, 0.3) is 0 Å². The third kappa shape index (κ3) is 4.93. The van der Waals surface area contributed by atoms with Crippen molar-refractivity contribution in [1.29, 1.82) is 5.26 Å². The molecule has 2 aliphatic carbocycles. The van der Waals surface area contributed by atoms with Gasteiger partial charge in [-0.2, -0.15) is 15.2 Å². The molecule has 41 heavy (non-hydrogen) atoms. The highest BCUT2D eigenvalue weighted by atomic mass is 16.5. The average Bonchev–Trinajstić information content (AvgIpc) is 3.38. The maximum atomic E-state index is 14.4. The van der Waals surface area contributed by atoms with Gasteiger partial charge in [-0.3, -0.25) is 4.79 Å². The molecule has 3 atom stereocenters. The van der Waals surface area contributed by atoms with Crippen LogP contribution in [-0.2, 0) is 12.8 Å². The molecule has 3 heterocycles. The predicted molar refractivity (Wildman–Crippen MR) is 153 cm³/mol. The number of nitrogens with zero attached hydrogens (tertiary/aromatic N) is 6. The van der Waals surface area contributed by atoms with Gasteiger partial charge in [0.05, 0.1) is 18.5 Å². The van der Waals surface area contributed by atoms with Gasteiger partial charge < -0.3 is 24.5 Å². The number of allylic oxidation sites excluding steroid dienone is 1. The van der Waals surface area contributed by atoms with Gasteiger partial charge in [-0.1, -0.05) is 30.8 Å². The van der Waals surface area contributed by atoms with Crippen LogP contribution in [0.1, 0.15) is 59.3 Å². The van der Waals surface area contributed by atoms with E-state index in [2.05, 4.69) is 36.7 Å². The summed E-state index contributed by atoms with van der Waals surface area (Å²) in [5.74, 6) is 0.620. The first-order chi connectivity index (χ1) is 19.8. The van der Waals surface area contributed by atoms with Crippen molar-refractivity contribution in [3.63, 3.8) is 0 Å². The van der Waals surface area contributed by atoms with Gasteiger partial charge in [-0.25, -0.2) is 4.79 Å². The van der Waals surface area contributed by atoms with Crippen molar-refractivity contribution in [3.8, 4) is 12.1 Å². The van der Waals surface area contributed by atoms with Crippen LogP contribution in [0.2, 0.25) is 0 Å². The minimum Gasteiger partial charge on any atom is -0.465 e. The van der Waals surface area contributed by atoms with Crippen molar-refractivity contribution in [2.45, 2.75) is 57.0 Å². The first-order valence-corrected chi connectivity index (χ1v) is 14.5. The van der Waals surface area contributed by atoms with E-state index in [1.807, 2.05) is 17.0 Å². The largest absolute Gasteiger partial charge is 0.465 e. The molecule has 2 aromatic rings. The first-order valence-electron chi connectivity index (χ1n) is 14.5. The second-order valence-corrected chi connectivity index (χ2v) is 11.9. The summed E-state index contributed by atoms with van der Waals surface area (Å²) >= 11 is 0. The van der Waals surface area contributed by atoms with E-state index in [1.54, 1.807) is 0 Å². The molecule has 6 rings (SSSR count). The van der Waals surface area contributed by atoms with Crippen LogP contribution in [0.4, 0.5) is 10.6 Å². The number of anilines is 1. The number of carboxylic acid groups (broad SMARTS) is 1. The van der Waals surface area contributed by atoms with E-state index in [4.69, 9.17) is 14.7 Å². The third-order valence-electron chi connectivity index (χ3n) is 9.43. The highest BCUT2D eigenvalue weighted by molar-refractivity contribution is 6.04. The van der Waals surface area contributed by atoms with Crippen LogP contribution in [0.3, 0.4) is 0 Å². The van der Waals surface area contributed by atoms with Crippen molar-refractivity contribution < 1.29 is 19.4 Å². The number of Topliss-reactive ketones (excluding diaryl/α,β-unsaturated/α-hetero) is 1. The number of benzene rings is 1. The Morgan fingerprint density at radius 1 is 1.22 bits per heavy atom. The molecule has 0 saturated carbocycles. The van der Waals surface area contributed by atoms with Crippen molar-refractivity contribution >= 4 is 23.3 Å². The van der Waals surface area contributed by atoms with Gasteiger partial charge in [0.1, 0.15) is 18.1 Å². The van der Waals surface area contributed by atoms with Crippen LogP contribution in [0.15, 0.2) is 30.8 Å². The summed E-state index contributed by atoms with van der Waals surface area (Å²) in [4.78, 5) is 41.4. The fourth-order valence-electron chi connectivity index (χ4n) is 7.15. The molecule has 0 unspecified atom stereocenters. The molecule has 10 nitrogen and oxygen atoms in total. The molecule has 1 amide bonds. The van der Waals surface area contributed by atoms with Crippen molar-refractivity contribution in [2.75, 3.05) is 44.7 Å². The Balaban J connectivity index is 1.36. The molecule has 2 fully saturated rings. The summed E-state index contributed by atoms with van der Waals surface area (Å²) < 4.78 is 6.18. The summed E-state index contributed by atoms with van der Waals surface area (Å²) in [6.45, 7) is 6.76. The number of piperazine rings is 1. The molecular weight excluding hydrogens is 520 g/mol. The van der Waals surface area contributed by atoms with Gasteiger partial charge in [0, 0.05) is 36.7 Å². The minimum absolute atomic E-state index is 0.00126. The molecule has 4 aliphatic rings. The summed E-state index contributed by atoms with van der Waals surface area (Å²) in [5, 5.41) is 19.1. The molecular formula is C31H36N6O4. The fourth-order valence-corrected chi connectivity index (χ4v) is 7.15. The molecule has 10 heteroatoms. The topological polar surface area (TPSA) is 123 Å². The minimum atomic E-state index is -1.03. The Morgan fingerprint density at radius 3 is 2.80 bits per heavy atom. The maximum Gasteiger partial charge on any atom is 0.407 e. The summed E-state index contributed by atoms with van der Waals surface area (Å²) in [6, 6.07) is 10.3. The number of fused-ring (bicyclic) bond motifs is 2. The van der Waals surface area contributed by atoms with Gasteiger partial charge >= 0.3 is 12.1 Å². The second kappa shape index (κ2) is 10.8. The summed E-state index contributed by atoms with van der Waals surface area (Å²) in [5.41, 5.74) is 3.82. The van der Waals surface area contributed by atoms with E-state index >= 15 is 0 Å². The number of likely N-dealkylation sites (tertiary alicyclic amines) is 1. The standard InChI is InChI=1S/C31H36N6O4/c1-20-16-31(17-21-6-3-4-8-24(20)21)11-9-25-26(27(31)38)33-29(41-19-23-7-5-13-35(23)2)34-28(25)36-14-15-37(30(39)40)22(18-36)10-12-32/h3-4,6,8,22-23H,1,5,7,9-11,13-19H2,2H3,(H,39,40)/t22-,23-,31+/m0/s1. The number of carbonyl (C=O) groups excluding carboxylic acids is 1. The van der Waals surface area contributed by atoms with E-state index in [-0.39, 0.29) is 30.8 Å². The normalized spacial score (nSPS) is 26.0. The molecule has 0 bridgehead atoms. The molecule has 214 valence electrons. The van der Waals surface area contributed by atoms with E-state index in [0.29, 0.717) is 56.9 Å². The lowest BCUT2D eigenvalue weighted by atomic mass is 9.61. The predicted octanol–water partition coefficient (Wildman–Crippen LogP) is 3.81. The molecule has 2 saturated heterocycles. The number of rotatable bonds is 5. The highest BCUT2D eigenvalue weighted by Crippen LogP contribution is 2.49. The Morgan fingerprint density at radius 2 is 2.05 bits per heavy atom. The van der Waals surface area contributed by atoms with E-state index in [9.17, 15) is 20.0 Å². The maximum absolute atomic E-state index is 14.4. The SMILES string of the molecule is C=C1C[C@]2(CCc3c(nc(OC[C@@H]4CCCN4C)nc3N3CCN(C(=O)O)[C@@H](CC#N)C3)C2=O)Cc2ccccc21.